The highest BCUT2D eigenvalue weighted by atomic mass is 35.5. The molecule has 0 radical (unpaired) electrons. The van der Waals surface area contributed by atoms with Crippen LogP contribution in [0.25, 0.3) is 16.2 Å². The van der Waals surface area contributed by atoms with E-state index in [4.69, 9.17) is 28.3 Å². The molecule has 2 heterocycles. The largest absolute Gasteiger partial charge is 0.481 e. The number of carbonyl (C=O) groups excluding carboxylic acids is 1. The number of aliphatic carboxylic acids is 1. The van der Waals surface area contributed by atoms with Crippen LogP contribution in [0.1, 0.15) is 18.9 Å². The smallest absolute Gasteiger partial charge is 0.306 e. The van der Waals surface area contributed by atoms with E-state index < -0.39 is 5.97 Å². The molecule has 0 spiro atoms. The number of piperidine rings is 1. The number of likely N-dealkylation sites (tertiary alicyclic amines) is 1. The van der Waals surface area contributed by atoms with E-state index in [0.29, 0.717) is 35.1 Å². The van der Waals surface area contributed by atoms with Crippen LogP contribution in [0.3, 0.4) is 0 Å². The van der Waals surface area contributed by atoms with E-state index in [2.05, 4.69) is 0 Å². The maximum atomic E-state index is 12.4. The van der Waals surface area contributed by atoms with Crippen LogP contribution in [0.2, 0.25) is 10.0 Å². The van der Waals surface area contributed by atoms with Crippen molar-refractivity contribution in [3.63, 3.8) is 0 Å². The quantitative estimate of drug-likeness (QED) is 0.757. The average Bonchev–Trinajstić information content (AvgIpc) is 3.04. The Morgan fingerprint density at radius 2 is 2.12 bits per heavy atom. The van der Waals surface area contributed by atoms with Crippen molar-refractivity contribution in [1.82, 2.24) is 4.90 Å². The number of fused-ring (bicyclic) bond motifs is 1. The monoisotopic (exact) mass is 397 g/mol. The predicted molar refractivity (Wildman–Crippen MR) is 102 cm³/mol. The number of nitrogens with zero attached hydrogens (tertiary/aromatic N) is 1. The van der Waals surface area contributed by atoms with Crippen molar-refractivity contribution in [1.29, 1.82) is 0 Å². The Kier molecular flexibility index (Phi) is 5.37. The van der Waals surface area contributed by atoms with Gasteiger partial charge in [-0.25, -0.2) is 0 Å². The average molecular weight is 398 g/mol. The van der Waals surface area contributed by atoms with Gasteiger partial charge in [-0.05, 0) is 46.9 Å². The number of benzene rings is 1. The molecule has 3 rings (SSSR count). The minimum atomic E-state index is -0.791. The van der Waals surface area contributed by atoms with Crippen LogP contribution >= 0.6 is 34.5 Å². The van der Waals surface area contributed by atoms with Crippen molar-refractivity contribution >= 4 is 62.6 Å². The molecule has 0 saturated carbocycles. The molecule has 1 saturated heterocycles. The number of carboxylic acid groups (broad SMARTS) is 1. The van der Waals surface area contributed by atoms with Gasteiger partial charge < -0.3 is 10.0 Å². The highest BCUT2D eigenvalue weighted by molar-refractivity contribution is 7.18. The van der Waals surface area contributed by atoms with Crippen molar-refractivity contribution in [2.24, 2.45) is 11.8 Å². The summed E-state index contributed by atoms with van der Waals surface area (Å²) in [6.07, 6.45) is 3.62. The number of hydrogen-bond acceptors (Lipinski definition) is 3. The van der Waals surface area contributed by atoms with E-state index in [0.717, 1.165) is 10.1 Å². The lowest BCUT2D eigenvalue weighted by atomic mass is 9.87. The van der Waals surface area contributed by atoms with Crippen LogP contribution in [0.15, 0.2) is 23.6 Å². The summed E-state index contributed by atoms with van der Waals surface area (Å²) in [6.45, 7) is 2.75. The summed E-state index contributed by atoms with van der Waals surface area (Å²) in [6, 6.07) is 3.86. The minimum absolute atomic E-state index is 0.0659. The lowest BCUT2D eigenvalue weighted by Crippen LogP contribution is -2.44. The molecule has 1 aromatic carbocycles. The molecule has 7 heteroatoms. The van der Waals surface area contributed by atoms with Crippen molar-refractivity contribution in [2.45, 2.75) is 13.3 Å². The number of carbonyl (C=O) groups is 2. The molecule has 2 aromatic rings. The fourth-order valence-electron chi connectivity index (χ4n) is 3.17. The molecular formula is C18H17Cl2NO3S. The predicted octanol–water partition coefficient (Wildman–Crippen LogP) is 4.79. The van der Waals surface area contributed by atoms with E-state index in [1.54, 1.807) is 11.0 Å². The molecule has 25 heavy (non-hydrogen) atoms. The number of carboxylic acids is 1. The van der Waals surface area contributed by atoms with E-state index in [9.17, 15) is 9.59 Å². The van der Waals surface area contributed by atoms with Gasteiger partial charge in [-0.3, -0.25) is 9.59 Å². The van der Waals surface area contributed by atoms with Gasteiger partial charge in [-0.2, -0.15) is 0 Å². The lowest BCUT2D eigenvalue weighted by Gasteiger charge is -2.34. The summed E-state index contributed by atoms with van der Waals surface area (Å²) in [4.78, 5) is 25.3. The zero-order chi connectivity index (χ0) is 18.1. The third-order valence-corrected chi connectivity index (χ3v) is 6.53. The topological polar surface area (TPSA) is 57.6 Å². The number of hydrogen-bond donors (Lipinski definition) is 1. The Morgan fingerprint density at radius 1 is 1.36 bits per heavy atom. The van der Waals surface area contributed by atoms with Gasteiger partial charge >= 0.3 is 5.97 Å². The summed E-state index contributed by atoms with van der Waals surface area (Å²) in [5.74, 6) is -1.39. The zero-order valence-electron chi connectivity index (χ0n) is 13.5. The highest BCUT2D eigenvalue weighted by Gasteiger charge is 2.32. The second-order valence-corrected chi connectivity index (χ2v) is 7.93. The van der Waals surface area contributed by atoms with E-state index in [1.807, 2.05) is 24.4 Å². The van der Waals surface area contributed by atoms with Gasteiger partial charge in [-0.15, -0.1) is 11.3 Å². The van der Waals surface area contributed by atoms with E-state index in [-0.39, 0.29) is 17.7 Å². The van der Waals surface area contributed by atoms with Crippen molar-refractivity contribution in [2.75, 3.05) is 13.1 Å². The van der Waals surface area contributed by atoms with Crippen molar-refractivity contribution in [3.8, 4) is 0 Å². The fraction of sp³-hybridized carbons (Fsp3) is 0.333. The SMILES string of the molecule is CC1CN(C(=O)/C=C/c2cc3ccsc3c(Cl)c2Cl)CCC1C(=O)O. The normalized spacial score (nSPS) is 21.2. The number of amides is 1. The molecule has 1 fully saturated rings. The van der Waals surface area contributed by atoms with Gasteiger partial charge in [0.2, 0.25) is 5.91 Å². The molecular weight excluding hydrogens is 381 g/mol. The molecule has 1 amide bonds. The number of thiophene rings is 1. The van der Waals surface area contributed by atoms with Gasteiger partial charge in [0, 0.05) is 19.2 Å². The van der Waals surface area contributed by atoms with Crippen LogP contribution < -0.4 is 0 Å². The molecule has 0 bridgehead atoms. The lowest BCUT2D eigenvalue weighted by molar-refractivity contribution is -0.147. The van der Waals surface area contributed by atoms with Gasteiger partial charge in [0.05, 0.1) is 20.7 Å². The molecule has 0 aliphatic carbocycles. The van der Waals surface area contributed by atoms with Crippen molar-refractivity contribution in [3.05, 3.63) is 39.2 Å². The first-order chi connectivity index (χ1) is 11.9. The Balaban J connectivity index is 1.75. The Labute approximate surface area is 159 Å². The first kappa shape index (κ1) is 18.2. The van der Waals surface area contributed by atoms with Crippen LogP contribution in [-0.4, -0.2) is 35.0 Å². The first-order valence-electron chi connectivity index (χ1n) is 7.93. The maximum absolute atomic E-state index is 12.4. The van der Waals surface area contributed by atoms with Crippen LogP contribution in [0.4, 0.5) is 0 Å². The highest BCUT2D eigenvalue weighted by Crippen LogP contribution is 2.37. The summed E-state index contributed by atoms with van der Waals surface area (Å²) in [5, 5.41) is 13.0. The van der Waals surface area contributed by atoms with Crippen LogP contribution in [-0.2, 0) is 9.59 Å². The van der Waals surface area contributed by atoms with Gasteiger partial charge in [0.25, 0.3) is 0 Å². The molecule has 1 aromatic heterocycles. The van der Waals surface area contributed by atoms with E-state index in [1.165, 1.54) is 17.4 Å². The number of rotatable bonds is 3. The second-order valence-electron chi connectivity index (χ2n) is 6.26. The van der Waals surface area contributed by atoms with Gasteiger partial charge in [0.1, 0.15) is 0 Å². The standard InChI is InChI=1S/C18H17Cl2NO3S/c1-10-9-21(6-4-13(10)18(23)24)14(22)3-2-11-8-12-5-7-25-17(12)16(20)15(11)19/h2-3,5,7-8,10,13H,4,6,9H2,1H3,(H,23,24)/b3-2+. The summed E-state index contributed by atoms with van der Waals surface area (Å²) >= 11 is 14.1. The summed E-state index contributed by atoms with van der Waals surface area (Å²) < 4.78 is 0.930. The Morgan fingerprint density at radius 3 is 2.80 bits per heavy atom. The van der Waals surface area contributed by atoms with Crippen LogP contribution in [0.5, 0.6) is 0 Å². The summed E-state index contributed by atoms with van der Waals surface area (Å²) in [5.41, 5.74) is 0.694. The zero-order valence-corrected chi connectivity index (χ0v) is 15.9. The molecule has 1 aliphatic heterocycles. The van der Waals surface area contributed by atoms with Crippen LogP contribution in [0, 0.1) is 11.8 Å². The van der Waals surface area contributed by atoms with Gasteiger partial charge in [0.15, 0.2) is 0 Å². The molecule has 2 unspecified atom stereocenters. The summed E-state index contributed by atoms with van der Waals surface area (Å²) in [7, 11) is 0. The fourth-order valence-corrected chi connectivity index (χ4v) is 4.61. The Bertz CT molecular complexity index is 861. The van der Waals surface area contributed by atoms with Gasteiger partial charge in [-0.1, -0.05) is 30.1 Å². The molecule has 132 valence electrons. The number of halogens is 2. The molecule has 4 nitrogen and oxygen atoms in total. The third-order valence-electron chi connectivity index (χ3n) is 4.59. The maximum Gasteiger partial charge on any atom is 0.306 e. The first-order valence-corrected chi connectivity index (χ1v) is 9.57. The molecule has 2 atom stereocenters. The third kappa shape index (κ3) is 3.68. The second kappa shape index (κ2) is 7.36. The minimum Gasteiger partial charge on any atom is -0.481 e. The molecule has 1 N–H and O–H groups in total. The Hall–Kier alpha value is -1.56. The van der Waals surface area contributed by atoms with Crippen molar-refractivity contribution < 1.29 is 14.7 Å². The molecule has 1 aliphatic rings. The van der Waals surface area contributed by atoms with E-state index >= 15 is 0 Å².